The normalized spacial score (nSPS) is 12.6. The molecule has 0 spiro atoms. The second-order valence-corrected chi connectivity index (χ2v) is 3.76. The SMILES string of the molecule is C=CCN(C(=O)C(N)CCOC)C(C)C. The van der Waals surface area contributed by atoms with E-state index in [0.29, 0.717) is 19.6 Å². The first kappa shape index (κ1) is 14.1. The lowest BCUT2D eigenvalue weighted by Crippen LogP contribution is -2.47. The summed E-state index contributed by atoms with van der Waals surface area (Å²) in [5, 5.41) is 0. The summed E-state index contributed by atoms with van der Waals surface area (Å²) in [6.07, 6.45) is 2.26. The highest BCUT2D eigenvalue weighted by Gasteiger charge is 2.21. The van der Waals surface area contributed by atoms with Crippen molar-refractivity contribution in [3.8, 4) is 0 Å². The number of amides is 1. The van der Waals surface area contributed by atoms with E-state index in [1.807, 2.05) is 13.8 Å². The van der Waals surface area contributed by atoms with Crippen LogP contribution < -0.4 is 5.73 Å². The summed E-state index contributed by atoms with van der Waals surface area (Å²) in [7, 11) is 1.60. The molecule has 0 radical (unpaired) electrons. The molecule has 1 unspecified atom stereocenters. The van der Waals surface area contributed by atoms with Gasteiger partial charge in [-0.05, 0) is 20.3 Å². The predicted octanol–water partition coefficient (Wildman–Crippen LogP) is 0.773. The molecule has 0 saturated heterocycles. The maximum Gasteiger partial charge on any atom is 0.240 e. The number of nitrogens with zero attached hydrogens (tertiary/aromatic N) is 1. The Bertz CT molecular complexity index is 205. The van der Waals surface area contributed by atoms with Gasteiger partial charge < -0.3 is 15.4 Å². The zero-order chi connectivity index (χ0) is 11.8. The largest absolute Gasteiger partial charge is 0.385 e. The molecule has 1 atom stereocenters. The van der Waals surface area contributed by atoms with Crippen LogP contribution >= 0.6 is 0 Å². The summed E-state index contributed by atoms with van der Waals surface area (Å²) in [5.74, 6) is -0.0399. The Balaban J connectivity index is 4.28. The molecule has 0 aromatic carbocycles. The molecule has 0 aliphatic heterocycles. The van der Waals surface area contributed by atoms with Crippen LogP contribution in [0.1, 0.15) is 20.3 Å². The van der Waals surface area contributed by atoms with E-state index in [9.17, 15) is 4.79 Å². The molecule has 1 amide bonds. The molecule has 4 nitrogen and oxygen atoms in total. The average molecular weight is 214 g/mol. The van der Waals surface area contributed by atoms with E-state index in [4.69, 9.17) is 10.5 Å². The van der Waals surface area contributed by atoms with Crippen molar-refractivity contribution in [2.75, 3.05) is 20.3 Å². The molecule has 0 bridgehead atoms. The molecule has 0 heterocycles. The summed E-state index contributed by atoms with van der Waals surface area (Å²) < 4.78 is 4.89. The molecule has 0 aliphatic carbocycles. The number of carbonyl (C=O) groups excluding carboxylic acids is 1. The van der Waals surface area contributed by atoms with Crippen molar-refractivity contribution in [1.29, 1.82) is 0 Å². The van der Waals surface area contributed by atoms with Crippen LogP contribution in [-0.2, 0) is 9.53 Å². The molecule has 0 aliphatic rings. The second-order valence-electron chi connectivity index (χ2n) is 3.76. The number of hydrogen-bond donors (Lipinski definition) is 1. The van der Waals surface area contributed by atoms with Crippen molar-refractivity contribution < 1.29 is 9.53 Å². The first-order valence-corrected chi connectivity index (χ1v) is 5.20. The van der Waals surface area contributed by atoms with Crippen molar-refractivity contribution in [1.82, 2.24) is 4.90 Å². The Labute approximate surface area is 92.1 Å². The predicted molar refractivity (Wildman–Crippen MR) is 61.5 cm³/mol. The van der Waals surface area contributed by atoms with Gasteiger partial charge in [0.2, 0.25) is 5.91 Å². The third kappa shape index (κ3) is 4.95. The monoisotopic (exact) mass is 214 g/mol. The Morgan fingerprint density at radius 1 is 1.60 bits per heavy atom. The van der Waals surface area contributed by atoms with E-state index in [1.54, 1.807) is 18.1 Å². The molecule has 4 heteroatoms. The van der Waals surface area contributed by atoms with E-state index in [1.165, 1.54) is 0 Å². The lowest BCUT2D eigenvalue weighted by molar-refractivity contribution is -0.134. The number of rotatable bonds is 7. The van der Waals surface area contributed by atoms with Crippen LogP contribution in [0.25, 0.3) is 0 Å². The lowest BCUT2D eigenvalue weighted by Gasteiger charge is -2.28. The molecule has 88 valence electrons. The van der Waals surface area contributed by atoms with Gasteiger partial charge in [0, 0.05) is 26.3 Å². The van der Waals surface area contributed by atoms with Gasteiger partial charge in [0.05, 0.1) is 6.04 Å². The van der Waals surface area contributed by atoms with Crippen LogP contribution in [0.15, 0.2) is 12.7 Å². The van der Waals surface area contributed by atoms with Gasteiger partial charge in [-0.3, -0.25) is 4.79 Å². The third-order valence-electron chi connectivity index (χ3n) is 2.18. The number of carbonyl (C=O) groups is 1. The van der Waals surface area contributed by atoms with Crippen LogP contribution in [0.4, 0.5) is 0 Å². The minimum absolute atomic E-state index is 0.0399. The zero-order valence-corrected chi connectivity index (χ0v) is 9.90. The van der Waals surface area contributed by atoms with Gasteiger partial charge in [0.1, 0.15) is 0 Å². The van der Waals surface area contributed by atoms with Gasteiger partial charge in [0.15, 0.2) is 0 Å². The molecule has 0 rings (SSSR count). The highest BCUT2D eigenvalue weighted by molar-refractivity contribution is 5.82. The van der Waals surface area contributed by atoms with Crippen LogP contribution in [-0.4, -0.2) is 43.2 Å². The number of hydrogen-bond acceptors (Lipinski definition) is 3. The highest BCUT2D eigenvalue weighted by Crippen LogP contribution is 2.03. The van der Waals surface area contributed by atoms with Crippen LogP contribution in [0.3, 0.4) is 0 Å². The Morgan fingerprint density at radius 3 is 2.60 bits per heavy atom. The fraction of sp³-hybridized carbons (Fsp3) is 0.727. The van der Waals surface area contributed by atoms with E-state index in [0.717, 1.165) is 0 Å². The van der Waals surface area contributed by atoms with Crippen molar-refractivity contribution in [3.05, 3.63) is 12.7 Å². The van der Waals surface area contributed by atoms with Crippen LogP contribution in [0.2, 0.25) is 0 Å². The van der Waals surface area contributed by atoms with Crippen molar-refractivity contribution in [3.63, 3.8) is 0 Å². The van der Waals surface area contributed by atoms with Crippen LogP contribution in [0.5, 0.6) is 0 Å². The van der Waals surface area contributed by atoms with Gasteiger partial charge in [0.25, 0.3) is 0 Å². The standard InChI is InChI=1S/C11H22N2O2/c1-5-7-13(9(2)3)11(14)10(12)6-8-15-4/h5,9-10H,1,6-8,12H2,2-4H3. The zero-order valence-electron chi connectivity index (χ0n) is 9.90. The van der Waals surface area contributed by atoms with Gasteiger partial charge in [-0.25, -0.2) is 0 Å². The molecule has 0 saturated carbocycles. The second kappa shape index (κ2) is 7.43. The van der Waals surface area contributed by atoms with Gasteiger partial charge in [-0.2, -0.15) is 0 Å². The number of methoxy groups -OCH3 is 1. The molecule has 15 heavy (non-hydrogen) atoms. The smallest absolute Gasteiger partial charge is 0.240 e. The first-order valence-electron chi connectivity index (χ1n) is 5.20. The van der Waals surface area contributed by atoms with Crippen molar-refractivity contribution in [2.24, 2.45) is 5.73 Å². The molecule has 0 aromatic heterocycles. The molecule has 0 fully saturated rings. The maximum atomic E-state index is 11.9. The molecule has 2 N–H and O–H groups in total. The minimum atomic E-state index is -0.479. The maximum absolute atomic E-state index is 11.9. The van der Waals surface area contributed by atoms with E-state index >= 15 is 0 Å². The van der Waals surface area contributed by atoms with Gasteiger partial charge in [-0.15, -0.1) is 6.58 Å². The third-order valence-corrected chi connectivity index (χ3v) is 2.18. The lowest BCUT2D eigenvalue weighted by atomic mass is 10.1. The minimum Gasteiger partial charge on any atom is -0.385 e. The fourth-order valence-corrected chi connectivity index (χ4v) is 1.28. The summed E-state index contributed by atoms with van der Waals surface area (Å²) in [6.45, 7) is 8.60. The summed E-state index contributed by atoms with van der Waals surface area (Å²) in [6, 6.07) is -0.337. The van der Waals surface area contributed by atoms with E-state index in [-0.39, 0.29) is 11.9 Å². The molecular weight excluding hydrogens is 192 g/mol. The summed E-state index contributed by atoms with van der Waals surface area (Å²) in [5.41, 5.74) is 5.77. The summed E-state index contributed by atoms with van der Waals surface area (Å²) >= 11 is 0. The molecular formula is C11H22N2O2. The van der Waals surface area contributed by atoms with Crippen molar-refractivity contribution >= 4 is 5.91 Å². The van der Waals surface area contributed by atoms with E-state index in [2.05, 4.69) is 6.58 Å². The topological polar surface area (TPSA) is 55.6 Å². The number of ether oxygens (including phenoxy) is 1. The van der Waals surface area contributed by atoms with E-state index < -0.39 is 6.04 Å². The van der Waals surface area contributed by atoms with Crippen molar-refractivity contribution in [2.45, 2.75) is 32.4 Å². The summed E-state index contributed by atoms with van der Waals surface area (Å²) in [4.78, 5) is 13.6. The first-order chi connectivity index (χ1) is 7.04. The Morgan fingerprint density at radius 2 is 2.20 bits per heavy atom. The Kier molecular flexibility index (Phi) is 6.99. The fourth-order valence-electron chi connectivity index (χ4n) is 1.28. The number of nitrogens with two attached hydrogens (primary N) is 1. The average Bonchev–Trinajstić information content (AvgIpc) is 2.21. The highest BCUT2D eigenvalue weighted by atomic mass is 16.5. The molecule has 0 aromatic rings. The quantitative estimate of drug-likeness (QED) is 0.637. The van der Waals surface area contributed by atoms with Crippen LogP contribution in [0, 0.1) is 0 Å². The Hall–Kier alpha value is -0.870. The van der Waals surface area contributed by atoms with Gasteiger partial charge in [-0.1, -0.05) is 6.08 Å². The van der Waals surface area contributed by atoms with Gasteiger partial charge >= 0.3 is 0 Å².